The number of carbonyl (C=O) groups is 1. The summed E-state index contributed by atoms with van der Waals surface area (Å²) in [5, 5.41) is 0. The SMILES string of the molecule is COc1cccc(CN2CCOC(CN3CCN(C(=O)c4ccc(C)cc4)CC3)C2)c1. The van der Waals surface area contributed by atoms with Crippen LogP contribution in [0.3, 0.4) is 0 Å². The zero-order valence-electron chi connectivity index (χ0n) is 18.6. The van der Waals surface area contributed by atoms with E-state index in [1.165, 1.54) is 11.1 Å². The number of amides is 1. The molecule has 1 unspecified atom stereocenters. The number of hydrogen-bond acceptors (Lipinski definition) is 5. The molecule has 2 aromatic rings. The van der Waals surface area contributed by atoms with E-state index in [1.807, 2.05) is 48.2 Å². The third kappa shape index (κ3) is 5.85. The van der Waals surface area contributed by atoms with Gasteiger partial charge in [0.2, 0.25) is 0 Å². The molecule has 2 aliphatic rings. The van der Waals surface area contributed by atoms with Crippen molar-refractivity contribution in [2.24, 2.45) is 0 Å². The lowest BCUT2D eigenvalue weighted by Crippen LogP contribution is -2.53. The fourth-order valence-electron chi connectivity index (χ4n) is 4.36. The quantitative estimate of drug-likeness (QED) is 0.715. The van der Waals surface area contributed by atoms with Crippen LogP contribution < -0.4 is 4.74 Å². The first-order valence-corrected chi connectivity index (χ1v) is 11.2. The van der Waals surface area contributed by atoms with Gasteiger partial charge in [-0.15, -0.1) is 0 Å². The number of piperazine rings is 1. The van der Waals surface area contributed by atoms with E-state index in [0.717, 1.165) is 70.3 Å². The maximum atomic E-state index is 12.7. The molecule has 2 heterocycles. The van der Waals surface area contributed by atoms with E-state index in [2.05, 4.69) is 21.9 Å². The summed E-state index contributed by atoms with van der Waals surface area (Å²) in [6, 6.07) is 16.1. The number of nitrogens with zero attached hydrogens (tertiary/aromatic N) is 3. The van der Waals surface area contributed by atoms with Crippen LogP contribution in [-0.4, -0.2) is 86.2 Å². The first-order valence-electron chi connectivity index (χ1n) is 11.2. The highest BCUT2D eigenvalue weighted by Gasteiger charge is 2.27. The van der Waals surface area contributed by atoms with Crippen LogP contribution in [0.2, 0.25) is 0 Å². The van der Waals surface area contributed by atoms with Gasteiger partial charge in [-0.3, -0.25) is 14.6 Å². The number of hydrogen-bond donors (Lipinski definition) is 0. The summed E-state index contributed by atoms with van der Waals surface area (Å²) < 4.78 is 11.4. The molecule has 6 heteroatoms. The first kappa shape index (κ1) is 21.8. The monoisotopic (exact) mass is 423 g/mol. The van der Waals surface area contributed by atoms with Crippen molar-refractivity contribution in [1.82, 2.24) is 14.7 Å². The molecule has 0 aliphatic carbocycles. The highest BCUT2D eigenvalue weighted by atomic mass is 16.5. The number of carbonyl (C=O) groups excluding carboxylic acids is 1. The Hall–Kier alpha value is -2.41. The van der Waals surface area contributed by atoms with Crippen LogP contribution in [0.15, 0.2) is 48.5 Å². The maximum Gasteiger partial charge on any atom is 0.253 e. The Labute approximate surface area is 185 Å². The summed E-state index contributed by atoms with van der Waals surface area (Å²) in [5.74, 6) is 1.04. The summed E-state index contributed by atoms with van der Waals surface area (Å²) in [4.78, 5) is 19.6. The summed E-state index contributed by atoms with van der Waals surface area (Å²) in [5.41, 5.74) is 3.22. The van der Waals surface area contributed by atoms with Crippen molar-refractivity contribution in [1.29, 1.82) is 0 Å². The van der Waals surface area contributed by atoms with Crippen LogP contribution in [0.5, 0.6) is 5.75 Å². The smallest absolute Gasteiger partial charge is 0.253 e. The minimum absolute atomic E-state index is 0.137. The van der Waals surface area contributed by atoms with Crippen molar-refractivity contribution < 1.29 is 14.3 Å². The molecule has 0 aromatic heterocycles. The maximum absolute atomic E-state index is 12.7. The van der Waals surface area contributed by atoms with E-state index in [9.17, 15) is 4.79 Å². The predicted molar refractivity (Wildman–Crippen MR) is 122 cm³/mol. The Bertz CT molecular complexity index is 863. The Kier molecular flexibility index (Phi) is 7.22. The van der Waals surface area contributed by atoms with Gasteiger partial charge in [0.25, 0.3) is 5.91 Å². The average Bonchev–Trinajstić information content (AvgIpc) is 2.80. The van der Waals surface area contributed by atoms with Gasteiger partial charge >= 0.3 is 0 Å². The van der Waals surface area contributed by atoms with Crippen molar-refractivity contribution in [3.8, 4) is 5.75 Å². The lowest BCUT2D eigenvalue weighted by molar-refractivity contribution is -0.0497. The highest BCUT2D eigenvalue weighted by molar-refractivity contribution is 5.94. The molecule has 166 valence electrons. The molecule has 1 amide bonds. The van der Waals surface area contributed by atoms with Crippen LogP contribution in [0.25, 0.3) is 0 Å². The van der Waals surface area contributed by atoms with Gasteiger partial charge in [-0.1, -0.05) is 29.8 Å². The van der Waals surface area contributed by atoms with Crippen LogP contribution in [0, 0.1) is 6.92 Å². The Morgan fingerprint density at radius 1 is 1.03 bits per heavy atom. The highest BCUT2D eigenvalue weighted by Crippen LogP contribution is 2.17. The third-order valence-electron chi connectivity index (χ3n) is 6.18. The van der Waals surface area contributed by atoms with Gasteiger partial charge in [0.1, 0.15) is 5.75 Å². The first-order chi connectivity index (χ1) is 15.1. The minimum atomic E-state index is 0.137. The normalized spacial score (nSPS) is 20.6. The lowest BCUT2D eigenvalue weighted by Gasteiger charge is -2.39. The molecular weight excluding hydrogens is 390 g/mol. The van der Waals surface area contributed by atoms with Crippen LogP contribution in [0.4, 0.5) is 0 Å². The van der Waals surface area contributed by atoms with Gasteiger partial charge in [0.05, 0.1) is 19.8 Å². The topological polar surface area (TPSA) is 45.3 Å². The second kappa shape index (κ2) is 10.3. The Morgan fingerprint density at radius 3 is 2.55 bits per heavy atom. The largest absolute Gasteiger partial charge is 0.497 e. The molecule has 4 rings (SSSR count). The molecule has 2 saturated heterocycles. The molecule has 31 heavy (non-hydrogen) atoms. The van der Waals surface area contributed by atoms with Gasteiger partial charge in [0.15, 0.2) is 0 Å². The Balaban J connectivity index is 1.24. The zero-order valence-corrected chi connectivity index (χ0v) is 18.6. The molecule has 1 atom stereocenters. The minimum Gasteiger partial charge on any atom is -0.497 e. The van der Waals surface area contributed by atoms with E-state index < -0.39 is 0 Å². The van der Waals surface area contributed by atoms with E-state index in [0.29, 0.717) is 0 Å². The molecule has 0 saturated carbocycles. The van der Waals surface area contributed by atoms with Gasteiger partial charge < -0.3 is 14.4 Å². The van der Waals surface area contributed by atoms with Gasteiger partial charge in [-0.05, 0) is 36.8 Å². The van der Waals surface area contributed by atoms with Crippen molar-refractivity contribution in [3.63, 3.8) is 0 Å². The van der Waals surface area contributed by atoms with Crippen molar-refractivity contribution in [3.05, 3.63) is 65.2 Å². The van der Waals surface area contributed by atoms with Gasteiger partial charge in [0, 0.05) is 57.9 Å². The molecule has 6 nitrogen and oxygen atoms in total. The van der Waals surface area contributed by atoms with Crippen LogP contribution in [0.1, 0.15) is 21.5 Å². The molecule has 2 aromatic carbocycles. The number of rotatable bonds is 6. The number of aryl methyl sites for hydroxylation is 1. The van der Waals surface area contributed by atoms with Gasteiger partial charge in [-0.2, -0.15) is 0 Å². The lowest BCUT2D eigenvalue weighted by atomic mass is 10.1. The number of methoxy groups -OCH3 is 1. The summed E-state index contributed by atoms with van der Waals surface area (Å²) >= 11 is 0. The van der Waals surface area contributed by atoms with Gasteiger partial charge in [-0.25, -0.2) is 0 Å². The summed E-state index contributed by atoms with van der Waals surface area (Å²) in [6.07, 6.45) is 0.207. The molecule has 0 radical (unpaired) electrons. The van der Waals surface area contributed by atoms with Crippen molar-refractivity contribution >= 4 is 5.91 Å². The summed E-state index contributed by atoms with van der Waals surface area (Å²) in [7, 11) is 1.71. The molecule has 2 fully saturated rings. The fourth-order valence-corrected chi connectivity index (χ4v) is 4.36. The number of morpholine rings is 1. The molecule has 0 bridgehead atoms. The Morgan fingerprint density at radius 2 is 1.81 bits per heavy atom. The zero-order chi connectivity index (χ0) is 21.6. The average molecular weight is 424 g/mol. The van der Waals surface area contributed by atoms with E-state index >= 15 is 0 Å². The fraction of sp³-hybridized carbons (Fsp3) is 0.480. The molecule has 2 aliphatic heterocycles. The molecule has 0 spiro atoms. The van der Waals surface area contributed by atoms with Crippen LogP contribution >= 0.6 is 0 Å². The number of ether oxygens (including phenoxy) is 2. The second-order valence-electron chi connectivity index (χ2n) is 8.54. The van der Waals surface area contributed by atoms with Crippen molar-refractivity contribution in [2.75, 3.05) is 59.5 Å². The molecule has 0 N–H and O–H groups in total. The van der Waals surface area contributed by atoms with E-state index in [1.54, 1.807) is 7.11 Å². The third-order valence-corrected chi connectivity index (χ3v) is 6.18. The van der Waals surface area contributed by atoms with E-state index in [4.69, 9.17) is 9.47 Å². The van der Waals surface area contributed by atoms with Crippen molar-refractivity contribution in [2.45, 2.75) is 19.6 Å². The summed E-state index contributed by atoms with van der Waals surface area (Å²) in [6.45, 7) is 9.85. The van der Waals surface area contributed by atoms with E-state index in [-0.39, 0.29) is 12.0 Å². The standard InChI is InChI=1S/C25H33N3O3/c1-20-6-8-22(9-7-20)25(29)28-12-10-26(11-13-28)18-24-19-27(14-15-31-24)17-21-4-3-5-23(16-21)30-2/h3-9,16,24H,10-15,17-19H2,1-2H3. The molecular formula is C25H33N3O3. The van der Waals surface area contributed by atoms with Crippen LogP contribution in [-0.2, 0) is 11.3 Å². The second-order valence-corrected chi connectivity index (χ2v) is 8.54. The number of benzene rings is 2. The predicted octanol–water partition coefficient (Wildman–Crippen LogP) is 2.66.